The van der Waals surface area contributed by atoms with E-state index in [1.165, 1.54) is 0 Å². The number of nitrogens with zero attached hydrogens (tertiary/aromatic N) is 2. The summed E-state index contributed by atoms with van der Waals surface area (Å²) in [4.78, 5) is 4.00. The average Bonchev–Trinajstić information content (AvgIpc) is 2.82. The summed E-state index contributed by atoms with van der Waals surface area (Å²) >= 11 is 3.52. The summed E-state index contributed by atoms with van der Waals surface area (Å²) in [5.74, 6) is 0.304. The lowest BCUT2D eigenvalue weighted by molar-refractivity contribution is 0.439. The van der Waals surface area contributed by atoms with Crippen molar-refractivity contribution in [2.24, 2.45) is 0 Å². The minimum atomic E-state index is 0.304. The first-order chi connectivity index (χ1) is 9.27. The Labute approximate surface area is 118 Å². The second kappa shape index (κ2) is 4.85. The Kier molecular flexibility index (Phi) is 3.05. The average molecular weight is 316 g/mol. The lowest BCUT2D eigenvalue weighted by Gasteiger charge is -2.04. The van der Waals surface area contributed by atoms with E-state index in [2.05, 4.69) is 26.1 Å². The van der Waals surface area contributed by atoms with Crippen molar-refractivity contribution in [3.8, 4) is 22.4 Å². The van der Waals surface area contributed by atoms with E-state index in [-0.39, 0.29) is 0 Å². The first-order valence-electron chi connectivity index (χ1n) is 5.68. The topological polar surface area (TPSA) is 64.9 Å². The zero-order valence-electron chi connectivity index (χ0n) is 9.88. The van der Waals surface area contributed by atoms with Crippen LogP contribution in [0, 0.1) is 0 Å². The van der Waals surface area contributed by atoms with Gasteiger partial charge in [0.15, 0.2) is 0 Å². The van der Waals surface area contributed by atoms with E-state index in [4.69, 9.17) is 10.3 Å². The Morgan fingerprint density at radius 2 is 1.79 bits per heavy atom. The van der Waals surface area contributed by atoms with Crippen LogP contribution in [-0.4, -0.2) is 10.1 Å². The standard InChI is InChI=1S/C14H10BrN3O/c15-11-4-2-1-3-10(11)12-13(18-19-14(12)16)9-5-7-17-8-6-9/h1-8H,16H2. The highest BCUT2D eigenvalue weighted by molar-refractivity contribution is 9.10. The molecule has 2 N–H and O–H groups in total. The van der Waals surface area contributed by atoms with Crippen LogP contribution in [0.25, 0.3) is 22.4 Å². The van der Waals surface area contributed by atoms with E-state index < -0.39 is 0 Å². The minimum absolute atomic E-state index is 0.304. The van der Waals surface area contributed by atoms with E-state index in [0.29, 0.717) is 11.6 Å². The van der Waals surface area contributed by atoms with Crippen molar-refractivity contribution < 1.29 is 4.52 Å². The number of benzene rings is 1. The van der Waals surface area contributed by atoms with Gasteiger partial charge in [-0.05, 0) is 18.2 Å². The number of aromatic nitrogens is 2. The second-order valence-electron chi connectivity index (χ2n) is 3.99. The Balaban J connectivity index is 2.23. The summed E-state index contributed by atoms with van der Waals surface area (Å²) in [5, 5.41) is 4.05. The molecule has 0 unspecified atom stereocenters. The first kappa shape index (κ1) is 11.9. The van der Waals surface area contributed by atoms with Crippen LogP contribution in [0.3, 0.4) is 0 Å². The molecule has 0 radical (unpaired) electrons. The van der Waals surface area contributed by atoms with Crippen LogP contribution >= 0.6 is 15.9 Å². The predicted molar refractivity (Wildman–Crippen MR) is 77.3 cm³/mol. The van der Waals surface area contributed by atoms with E-state index in [1.807, 2.05) is 36.4 Å². The minimum Gasteiger partial charge on any atom is -0.367 e. The number of nitrogen functional groups attached to an aromatic ring is 1. The third-order valence-corrected chi connectivity index (χ3v) is 3.51. The molecule has 0 spiro atoms. The molecule has 0 aliphatic heterocycles. The first-order valence-corrected chi connectivity index (χ1v) is 6.47. The Morgan fingerprint density at radius 1 is 1.05 bits per heavy atom. The Bertz CT molecular complexity index is 710. The van der Waals surface area contributed by atoms with E-state index >= 15 is 0 Å². The van der Waals surface area contributed by atoms with Gasteiger partial charge in [0, 0.05) is 28.0 Å². The lowest BCUT2D eigenvalue weighted by Crippen LogP contribution is -1.88. The molecule has 4 nitrogen and oxygen atoms in total. The van der Waals surface area contributed by atoms with Gasteiger partial charge in [-0.15, -0.1) is 0 Å². The van der Waals surface area contributed by atoms with E-state index in [0.717, 1.165) is 21.2 Å². The second-order valence-corrected chi connectivity index (χ2v) is 4.84. The molecule has 3 aromatic rings. The smallest absolute Gasteiger partial charge is 0.230 e. The summed E-state index contributed by atoms with van der Waals surface area (Å²) in [5.41, 5.74) is 9.29. The van der Waals surface area contributed by atoms with Gasteiger partial charge in [0.05, 0.1) is 5.56 Å². The quantitative estimate of drug-likeness (QED) is 0.782. The SMILES string of the molecule is Nc1onc(-c2ccncc2)c1-c1ccccc1Br. The molecular formula is C14H10BrN3O. The third kappa shape index (κ3) is 2.13. The zero-order chi connectivity index (χ0) is 13.2. The number of anilines is 1. The van der Waals surface area contributed by atoms with Crippen LogP contribution in [0.4, 0.5) is 5.88 Å². The van der Waals surface area contributed by atoms with Crippen molar-refractivity contribution in [1.82, 2.24) is 10.1 Å². The Hall–Kier alpha value is -2.14. The molecule has 94 valence electrons. The summed E-state index contributed by atoms with van der Waals surface area (Å²) in [6.45, 7) is 0. The molecule has 3 rings (SSSR count). The molecule has 0 aliphatic carbocycles. The monoisotopic (exact) mass is 315 g/mol. The molecule has 0 fully saturated rings. The van der Waals surface area contributed by atoms with E-state index in [1.54, 1.807) is 12.4 Å². The van der Waals surface area contributed by atoms with Gasteiger partial charge < -0.3 is 10.3 Å². The maximum Gasteiger partial charge on any atom is 0.230 e. The number of halogens is 1. The van der Waals surface area contributed by atoms with Crippen molar-refractivity contribution in [1.29, 1.82) is 0 Å². The van der Waals surface area contributed by atoms with Gasteiger partial charge in [-0.1, -0.05) is 39.3 Å². The maximum absolute atomic E-state index is 5.91. The zero-order valence-corrected chi connectivity index (χ0v) is 11.5. The summed E-state index contributed by atoms with van der Waals surface area (Å²) in [6, 6.07) is 11.6. The maximum atomic E-state index is 5.91. The largest absolute Gasteiger partial charge is 0.367 e. The van der Waals surface area contributed by atoms with Gasteiger partial charge in [-0.2, -0.15) is 0 Å². The molecule has 2 heterocycles. The lowest BCUT2D eigenvalue weighted by atomic mass is 10.0. The molecular weight excluding hydrogens is 306 g/mol. The van der Waals surface area contributed by atoms with Crippen molar-refractivity contribution in [3.63, 3.8) is 0 Å². The molecule has 0 aliphatic rings. The molecule has 0 saturated carbocycles. The Morgan fingerprint density at radius 3 is 2.53 bits per heavy atom. The van der Waals surface area contributed by atoms with Crippen molar-refractivity contribution in [2.75, 3.05) is 5.73 Å². The molecule has 1 aromatic carbocycles. The van der Waals surface area contributed by atoms with Gasteiger partial charge in [0.2, 0.25) is 5.88 Å². The highest BCUT2D eigenvalue weighted by Gasteiger charge is 2.18. The van der Waals surface area contributed by atoms with Crippen LogP contribution < -0.4 is 5.73 Å². The molecule has 5 heteroatoms. The van der Waals surface area contributed by atoms with Gasteiger partial charge >= 0.3 is 0 Å². The van der Waals surface area contributed by atoms with E-state index in [9.17, 15) is 0 Å². The number of hydrogen-bond acceptors (Lipinski definition) is 4. The van der Waals surface area contributed by atoms with Gasteiger partial charge in [-0.25, -0.2) is 0 Å². The van der Waals surface area contributed by atoms with Crippen LogP contribution in [0.5, 0.6) is 0 Å². The van der Waals surface area contributed by atoms with Crippen molar-refractivity contribution >= 4 is 21.8 Å². The summed E-state index contributed by atoms with van der Waals surface area (Å²) in [7, 11) is 0. The fourth-order valence-electron chi connectivity index (χ4n) is 1.93. The fraction of sp³-hybridized carbons (Fsp3) is 0. The molecule has 0 amide bonds. The van der Waals surface area contributed by atoms with Crippen molar-refractivity contribution in [2.45, 2.75) is 0 Å². The number of pyridine rings is 1. The summed E-state index contributed by atoms with van der Waals surface area (Å²) in [6.07, 6.45) is 3.42. The van der Waals surface area contributed by atoms with Crippen LogP contribution in [0.2, 0.25) is 0 Å². The van der Waals surface area contributed by atoms with Gasteiger partial charge in [0.1, 0.15) is 5.69 Å². The number of rotatable bonds is 2. The molecule has 19 heavy (non-hydrogen) atoms. The van der Waals surface area contributed by atoms with Crippen LogP contribution in [-0.2, 0) is 0 Å². The highest BCUT2D eigenvalue weighted by atomic mass is 79.9. The predicted octanol–water partition coefficient (Wildman–Crippen LogP) is 3.75. The van der Waals surface area contributed by atoms with Gasteiger partial charge in [0.25, 0.3) is 0 Å². The molecule has 2 aromatic heterocycles. The number of hydrogen-bond donors (Lipinski definition) is 1. The normalized spacial score (nSPS) is 10.6. The highest BCUT2D eigenvalue weighted by Crippen LogP contribution is 2.39. The van der Waals surface area contributed by atoms with Crippen LogP contribution in [0.15, 0.2) is 57.8 Å². The third-order valence-electron chi connectivity index (χ3n) is 2.82. The molecule has 0 atom stereocenters. The number of nitrogens with two attached hydrogens (primary N) is 1. The van der Waals surface area contributed by atoms with Gasteiger partial charge in [-0.3, -0.25) is 4.98 Å². The summed E-state index contributed by atoms with van der Waals surface area (Å²) < 4.78 is 6.09. The fourth-order valence-corrected chi connectivity index (χ4v) is 2.42. The molecule has 0 bridgehead atoms. The van der Waals surface area contributed by atoms with Crippen molar-refractivity contribution in [3.05, 3.63) is 53.3 Å². The van der Waals surface area contributed by atoms with Crippen LogP contribution in [0.1, 0.15) is 0 Å². The molecule has 0 saturated heterocycles.